The molecule has 94 valence electrons. The molecule has 0 bridgehead atoms. The molecule has 1 aromatic carbocycles. The zero-order valence-electron chi connectivity index (χ0n) is 9.60. The van der Waals surface area contributed by atoms with Gasteiger partial charge in [-0.25, -0.2) is 19.0 Å². The molecule has 0 fully saturated rings. The highest BCUT2D eigenvalue weighted by atomic mass is 32.2. The molecule has 1 aromatic rings. The number of carbonyl (C=O) groups is 1. The normalized spacial score (nSPS) is 11.5. The van der Waals surface area contributed by atoms with Crippen molar-refractivity contribution >= 4 is 15.9 Å². The average molecular weight is 257 g/mol. The fraction of sp³-hybridized carbons (Fsp3) is 0.300. The molecule has 0 unspecified atom stereocenters. The lowest BCUT2D eigenvalue weighted by Crippen LogP contribution is -2.32. The van der Waals surface area contributed by atoms with E-state index in [-0.39, 0.29) is 16.5 Å². The van der Waals surface area contributed by atoms with Crippen molar-refractivity contribution in [2.24, 2.45) is 5.84 Å². The van der Waals surface area contributed by atoms with Crippen LogP contribution in [0.5, 0.6) is 0 Å². The summed E-state index contributed by atoms with van der Waals surface area (Å²) < 4.78 is 26.1. The molecule has 6 nitrogen and oxygen atoms in total. The molecule has 1 amide bonds. The van der Waals surface area contributed by atoms with Gasteiger partial charge >= 0.3 is 0 Å². The maximum atomic E-state index is 11.8. The summed E-state index contributed by atoms with van der Waals surface area (Å²) in [6, 6.07) is 5.44. The second kappa shape index (κ2) is 5.26. The summed E-state index contributed by atoms with van der Waals surface area (Å²) in [6.07, 6.45) is 0. The molecule has 1 rings (SSSR count). The van der Waals surface area contributed by atoms with Crippen molar-refractivity contribution in [2.75, 3.05) is 0 Å². The smallest absolute Gasteiger partial charge is 0.265 e. The first-order chi connectivity index (χ1) is 7.86. The van der Waals surface area contributed by atoms with E-state index >= 15 is 0 Å². The van der Waals surface area contributed by atoms with E-state index in [4.69, 9.17) is 5.84 Å². The monoisotopic (exact) mass is 257 g/mol. The van der Waals surface area contributed by atoms with Gasteiger partial charge in [0.25, 0.3) is 5.91 Å². The number of hydrazine groups is 1. The highest BCUT2D eigenvalue weighted by molar-refractivity contribution is 7.89. The van der Waals surface area contributed by atoms with E-state index in [0.29, 0.717) is 0 Å². The minimum Gasteiger partial charge on any atom is -0.290 e. The van der Waals surface area contributed by atoms with Crippen LogP contribution in [0.3, 0.4) is 0 Å². The number of sulfonamides is 1. The Bertz CT molecular complexity index is 511. The predicted octanol–water partition coefficient (Wildman–Crippen LogP) is -0.0232. The Balaban J connectivity index is 3.12. The molecular formula is C10H15N3O3S. The molecule has 0 atom stereocenters. The largest absolute Gasteiger partial charge is 0.290 e. The summed E-state index contributed by atoms with van der Waals surface area (Å²) in [6.45, 7) is 3.43. The topological polar surface area (TPSA) is 101 Å². The Hall–Kier alpha value is -1.44. The Morgan fingerprint density at radius 3 is 2.53 bits per heavy atom. The highest BCUT2D eigenvalue weighted by Gasteiger charge is 2.16. The number of benzene rings is 1. The summed E-state index contributed by atoms with van der Waals surface area (Å²) in [5.74, 6) is 4.44. The van der Waals surface area contributed by atoms with Crippen molar-refractivity contribution in [3.63, 3.8) is 0 Å². The van der Waals surface area contributed by atoms with Gasteiger partial charge < -0.3 is 0 Å². The van der Waals surface area contributed by atoms with Gasteiger partial charge in [0.1, 0.15) is 0 Å². The van der Waals surface area contributed by atoms with Gasteiger partial charge in [-0.15, -0.1) is 0 Å². The zero-order chi connectivity index (χ0) is 13.1. The average Bonchev–Trinajstić information content (AvgIpc) is 2.26. The van der Waals surface area contributed by atoms with Crippen molar-refractivity contribution in [1.29, 1.82) is 0 Å². The van der Waals surface area contributed by atoms with Crippen LogP contribution in [0.1, 0.15) is 24.2 Å². The molecular weight excluding hydrogens is 242 g/mol. The highest BCUT2D eigenvalue weighted by Crippen LogP contribution is 2.11. The van der Waals surface area contributed by atoms with Gasteiger partial charge in [0, 0.05) is 11.6 Å². The zero-order valence-corrected chi connectivity index (χ0v) is 10.4. The van der Waals surface area contributed by atoms with Gasteiger partial charge in [0.05, 0.1) is 4.90 Å². The third kappa shape index (κ3) is 3.52. The number of nitrogens with one attached hydrogen (secondary N) is 2. The predicted molar refractivity (Wildman–Crippen MR) is 63.6 cm³/mol. The van der Waals surface area contributed by atoms with Crippen molar-refractivity contribution < 1.29 is 13.2 Å². The molecule has 0 aromatic heterocycles. The van der Waals surface area contributed by atoms with Crippen molar-refractivity contribution in [3.8, 4) is 0 Å². The van der Waals surface area contributed by atoms with Crippen LogP contribution in [0, 0.1) is 0 Å². The molecule has 0 aliphatic rings. The molecule has 4 N–H and O–H groups in total. The molecule has 0 aliphatic heterocycles. The third-order valence-corrected chi connectivity index (χ3v) is 3.58. The van der Waals surface area contributed by atoms with Gasteiger partial charge in [-0.3, -0.25) is 10.2 Å². The first-order valence-electron chi connectivity index (χ1n) is 5.00. The van der Waals surface area contributed by atoms with E-state index < -0.39 is 15.9 Å². The fourth-order valence-corrected chi connectivity index (χ4v) is 2.56. The van der Waals surface area contributed by atoms with E-state index in [1.807, 2.05) is 5.43 Å². The van der Waals surface area contributed by atoms with Gasteiger partial charge in [-0.1, -0.05) is 6.07 Å². The number of rotatable bonds is 4. The molecule has 0 saturated carbocycles. The van der Waals surface area contributed by atoms with Crippen molar-refractivity contribution in [3.05, 3.63) is 29.8 Å². The Morgan fingerprint density at radius 2 is 2.00 bits per heavy atom. The van der Waals surface area contributed by atoms with Gasteiger partial charge in [-0.05, 0) is 32.0 Å². The number of nitrogen functional groups attached to an aromatic ring is 1. The number of nitrogens with two attached hydrogens (primary N) is 1. The first kappa shape index (κ1) is 13.6. The van der Waals surface area contributed by atoms with Crippen LogP contribution in [-0.2, 0) is 10.0 Å². The van der Waals surface area contributed by atoms with Gasteiger partial charge in [0.15, 0.2) is 0 Å². The summed E-state index contributed by atoms with van der Waals surface area (Å²) >= 11 is 0. The minimum atomic E-state index is -3.59. The molecule has 0 spiro atoms. The van der Waals surface area contributed by atoms with E-state index in [2.05, 4.69) is 4.72 Å². The van der Waals surface area contributed by atoms with Crippen LogP contribution >= 0.6 is 0 Å². The summed E-state index contributed by atoms with van der Waals surface area (Å²) in [5, 5.41) is 0. The van der Waals surface area contributed by atoms with E-state index in [0.717, 1.165) is 0 Å². The fourth-order valence-electron chi connectivity index (χ4n) is 1.27. The lowest BCUT2D eigenvalue weighted by molar-refractivity contribution is 0.0953. The second-order valence-corrected chi connectivity index (χ2v) is 5.49. The van der Waals surface area contributed by atoms with E-state index in [1.54, 1.807) is 13.8 Å². The summed E-state index contributed by atoms with van der Waals surface area (Å²) in [5.41, 5.74) is 2.14. The number of amides is 1. The van der Waals surface area contributed by atoms with Crippen LogP contribution in [0.25, 0.3) is 0 Å². The lowest BCUT2D eigenvalue weighted by Gasteiger charge is -2.10. The van der Waals surface area contributed by atoms with Gasteiger partial charge in [-0.2, -0.15) is 0 Å². The summed E-state index contributed by atoms with van der Waals surface area (Å²) in [4.78, 5) is 11.3. The quantitative estimate of drug-likeness (QED) is 0.400. The molecule has 7 heteroatoms. The SMILES string of the molecule is CC(C)NS(=O)(=O)c1cccc(C(=O)NN)c1. The van der Waals surface area contributed by atoms with Crippen LogP contribution in [0.15, 0.2) is 29.2 Å². The molecule has 0 radical (unpaired) electrons. The first-order valence-corrected chi connectivity index (χ1v) is 6.48. The van der Waals surface area contributed by atoms with E-state index in [1.165, 1.54) is 24.3 Å². The Labute approximate surface area is 100 Å². The number of carbonyl (C=O) groups excluding carboxylic acids is 1. The maximum Gasteiger partial charge on any atom is 0.265 e. The van der Waals surface area contributed by atoms with Crippen LogP contribution in [-0.4, -0.2) is 20.4 Å². The van der Waals surface area contributed by atoms with Crippen molar-refractivity contribution in [1.82, 2.24) is 10.1 Å². The van der Waals surface area contributed by atoms with Gasteiger partial charge in [0.2, 0.25) is 10.0 Å². The Kier molecular flexibility index (Phi) is 4.22. The maximum absolute atomic E-state index is 11.8. The molecule has 0 saturated heterocycles. The van der Waals surface area contributed by atoms with Crippen LogP contribution in [0.2, 0.25) is 0 Å². The molecule has 0 aliphatic carbocycles. The molecule has 0 heterocycles. The minimum absolute atomic E-state index is 0.0345. The Morgan fingerprint density at radius 1 is 1.35 bits per heavy atom. The van der Waals surface area contributed by atoms with Crippen molar-refractivity contribution in [2.45, 2.75) is 24.8 Å². The number of hydrogen-bond acceptors (Lipinski definition) is 4. The lowest BCUT2D eigenvalue weighted by atomic mass is 10.2. The standard InChI is InChI=1S/C10H15N3O3S/c1-7(2)13-17(15,16)9-5-3-4-8(6-9)10(14)12-11/h3-7,13H,11H2,1-2H3,(H,12,14). The molecule has 17 heavy (non-hydrogen) atoms. The third-order valence-electron chi connectivity index (χ3n) is 1.93. The van der Waals surface area contributed by atoms with Crippen LogP contribution < -0.4 is 16.0 Å². The number of hydrogen-bond donors (Lipinski definition) is 3. The van der Waals surface area contributed by atoms with E-state index in [9.17, 15) is 13.2 Å². The summed E-state index contributed by atoms with van der Waals surface area (Å²) in [7, 11) is -3.59. The second-order valence-electron chi connectivity index (χ2n) is 3.78. The van der Waals surface area contributed by atoms with Crippen LogP contribution in [0.4, 0.5) is 0 Å².